The first-order valence-electron chi connectivity index (χ1n) is 13.6. The van der Waals surface area contributed by atoms with Crippen molar-refractivity contribution in [2.75, 3.05) is 0 Å². The minimum absolute atomic E-state index is 0.0773. The molecule has 0 bridgehead atoms. The fraction of sp³-hybridized carbons (Fsp3) is 0.613. The zero-order chi connectivity index (χ0) is 24.8. The molecule has 1 heterocycles. The molecule has 0 amide bonds. The minimum atomic E-state index is -1.55. The van der Waals surface area contributed by atoms with Crippen LogP contribution in [0.3, 0.4) is 0 Å². The predicted molar refractivity (Wildman–Crippen MR) is 143 cm³/mol. The van der Waals surface area contributed by atoms with Crippen molar-refractivity contribution in [3.05, 3.63) is 58.7 Å². The molecule has 3 nitrogen and oxygen atoms in total. The second kappa shape index (κ2) is 7.96. The summed E-state index contributed by atoms with van der Waals surface area (Å²) >= 11 is 0. The molecule has 35 heavy (non-hydrogen) atoms. The number of hydrogen-bond donors (Lipinski definition) is 0. The molecule has 0 unspecified atom stereocenters. The van der Waals surface area contributed by atoms with E-state index in [4.69, 9.17) is 13.6 Å². The van der Waals surface area contributed by atoms with Crippen LogP contribution >= 0.6 is 8.60 Å². The molecule has 2 aromatic rings. The third-order valence-electron chi connectivity index (χ3n) is 9.48. The van der Waals surface area contributed by atoms with Crippen LogP contribution < -0.4 is 9.05 Å². The van der Waals surface area contributed by atoms with Gasteiger partial charge in [-0.15, -0.1) is 0 Å². The molecule has 1 saturated carbocycles. The number of hydrogen-bond acceptors (Lipinski definition) is 3. The summed E-state index contributed by atoms with van der Waals surface area (Å²) in [5.74, 6) is 3.76. The first kappa shape index (κ1) is 23.8. The molecule has 0 radical (unpaired) electrons. The molecule has 4 aliphatic rings. The Morgan fingerprint density at radius 3 is 1.91 bits per heavy atom. The lowest BCUT2D eigenvalue weighted by atomic mass is 9.72. The summed E-state index contributed by atoms with van der Waals surface area (Å²) < 4.78 is 20.4. The molecule has 3 atom stereocenters. The van der Waals surface area contributed by atoms with Crippen molar-refractivity contribution in [1.29, 1.82) is 0 Å². The Balaban J connectivity index is 1.49. The van der Waals surface area contributed by atoms with Crippen LogP contribution in [-0.2, 0) is 20.8 Å². The first-order chi connectivity index (χ1) is 16.5. The van der Waals surface area contributed by atoms with Gasteiger partial charge < -0.3 is 9.05 Å². The molecule has 4 heteroatoms. The maximum absolute atomic E-state index is 6.84. The van der Waals surface area contributed by atoms with E-state index in [9.17, 15) is 0 Å². The van der Waals surface area contributed by atoms with Crippen LogP contribution in [0.4, 0.5) is 0 Å². The van der Waals surface area contributed by atoms with Gasteiger partial charge in [0.1, 0.15) is 11.5 Å². The lowest BCUT2D eigenvalue weighted by Crippen LogP contribution is -2.34. The van der Waals surface area contributed by atoms with Crippen molar-refractivity contribution in [3.63, 3.8) is 0 Å². The summed E-state index contributed by atoms with van der Waals surface area (Å²) in [7, 11) is -1.55. The molecule has 0 aromatic heterocycles. The molecule has 188 valence electrons. The van der Waals surface area contributed by atoms with Gasteiger partial charge in [-0.3, -0.25) is 4.52 Å². The van der Waals surface area contributed by atoms with Crippen LogP contribution in [0.2, 0.25) is 0 Å². The van der Waals surface area contributed by atoms with Crippen molar-refractivity contribution in [2.24, 2.45) is 17.8 Å². The molecular weight excluding hydrogens is 451 g/mol. The minimum Gasteiger partial charge on any atom is -0.417 e. The standard InChI is InChI=1S/C31H41O3P/c1-19(2)21-15-14-20(3)16-26(21)34-35-32-24-12-8-10-22-27(24)31(17-29(22,4)5)18-30(6,7)23-11-9-13-25(33-35)28(23)31/h8-13,19-21,26H,14-18H2,1-7H3/t20-,21+,26-,31?/m1/s1. The van der Waals surface area contributed by atoms with Crippen LogP contribution in [0.1, 0.15) is 103 Å². The fourth-order valence-electron chi connectivity index (χ4n) is 8.14. The highest BCUT2D eigenvalue weighted by Crippen LogP contribution is 2.68. The highest BCUT2D eigenvalue weighted by molar-refractivity contribution is 7.42. The van der Waals surface area contributed by atoms with E-state index >= 15 is 0 Å². The Hall–Kier alpha value is -1.57. The Morgan fingerprint density at radius 2 is 1.40 bits per heavy atom. The van der Waals surface area contributed by atoms with Gasteiger partial charge in [0.05, 0.1) is 6.10 Å². The van der Waals surface area contributed by atoms with Crippen LogP contribution in [0.15, 0.2) is 36.4 Å². The summed E-state index contributed by atoms with van der Waals surface area (Å²) in [5, 5.41) is 0. The molecule has 2 aromatic carbocycles. The molecule has 3 aliphatic carbocycles. The van der Waals surface area contributed by atoms with Gasteiger partial charge in [0.15, 0.2) is 0 Å². The highest BCUT2D eigenvalue weighted by atomic mass is 31.2. The zero-order valence-electron chi connectivity index (χ0n) is 22.5. The van der Waals surface area contributed by atoms with Gasteiger partial charge in [-0.05, 0) is 77.5 Å². The largest absolute Gasteiger partial charge is 0.463 e. The van der Waals surface area contributed by atoms with Gasteiger partial charge in [0.2, 0.25) is 0 Å². The molecule has 0 N–H and O–H groups in total. The molecule has 0 saturated heterocycles. The molecule has 1 aliphatic heterocycles. The molecule has 1 fully saturated rings. The Labute approximate surface area is 212 Å². The van der Waals surface area contributed by atoms with Crippen molar-refractivity contribution < 1.29 is 13.6 Å². The Bertz CT molecular complexity index is 1080. The monoisotopic (exact) mass is 492 g/mol. The fourth-order valence-corrected chi connectivity index (χ4v) is 9.35. The predicted octanol–water partition coefficient (Wildman–Crippen LogP) is 8.81. The number of benzene rings is 2. The quantitative estimate of drug-likeness (QED) is 0.401. The topological polar surface area (TPSA) is 27.7 Å². The van der Waals surface area contributed by atoms with Crippen LogP contribution in [0, 0.1) is 17.8 Å². The van der Waals surface area contributed by atoms with E-state index in [-0.39, 0.29) is 22.3 Å². The van der Waals surface area contributed by atoms with Crippen molar-refractivity contribution in [2.45, 2.75) is 103 Å². The maximum Gasteiger partial charge on any atom is 0.463 e. The number of rotatable bonds is 3. The second-order valence-corrected chi connectivity index (χ2v) is 14.5. The normalized spacial score (nSPS) is 29.5. The van der Waals surface area contributed by atoms with Gasteiger partial charge in [-0.2, -0.15) is 0 Å². The Morgan fingerprint density at radius 1 is 0.857 bits per heavy atom. The van der Waals surface area contributed by atoms with E-state index in [1.54, 1.807) is 0 Å². The van der Waals surface area contributed by atoms with E-state index in [1.165, 1.54) is 35.1 Å². The third kappa shape index (κ3) is 3.59. The average molecular weight is 493 g/mol. The summed E-state index contributed by atoms with van der Waals surface area (Å²) in [6.07, 6.45) is 5.93. The summed E-state index contributed by atoms with van der Waals surface area (Å²) in [6, 6.07) is 13.3. The molecule has 1 spiro atoms. The van der Waals surface area contributed by atoms with Gasteiger partial charge in [0.25, 0.3) is 0 Å². The van der Waals surface area contributed by atoms with Gasteiger partial charge in [-0.1, -0.05) is 79.2 Å². The van der Waals surface area contributed by atoms with Crippen LogP contribution in [0.25, 0.3) is 0 Å². The van der Waals surface area contributed by atoms with E-state index in [2.05, 4.69) is 84.9 Å². The third-order valence-corrected chi connectivity index (χ3v) is 10.6. The second-order valence-electron chi connectivity index (χ2n) is 13.4. The van der Waals surface area contributed by atoms with Gasteiger partial charge in [0, 0.05) is 16.5 Å². The smallest absolute Gasteiger partial charge is 0.417 e. The van der Waals surface area contributed by atoms with E-state index in [1.807, 2.05) is 0 Å². The summed E-state index contributed by atoms with van der Waals surface area (Å²) in [4.78, 5) is 0. The van der Waals surface area contributed by atoms with Crippen LogP contribution in [0.5, 0.6) is 11.5 Å². The van der Waals surface area contributed by atoms with E-state index in [0.29, 0.717) is 17.8 Å². The average Bonchev–Trinajstić information content (AvgIpc) is 3.13. The van der Waals surface area contributed by atoms with E-state index < -0.39 is 8.60 Å². The SMILES string of the molecule is CC(C)[C@@H]1CC[C@@H](C)C[C@H]1OP1Oc2cccc3c2C2(CC3(C)C)CC(C)(C)c3cccc(c32)O1. The summed E-state index contributed by atoms with van der Waals surface area (Å²) in [6.45, 7) is 16.6. The van der Waals surface area contributed by atoms with Crippen molar-refractivity contribution in [1.82, 2.24) is 0 Å². The van der Waals surface area contributed by atoms with Crippen LogP contribution in [-0.4, -0.2) is 6.10 Å². The first-order valence-corrected chi connectivity index (χ1v) is 14.7. The lowest BCUT2D eigenvalue weighted by Gasteiger charge is -2.39. The van der Waals surface area contributed by atoms with E-state index in [0.717, 1.165) is 30.8 Å². The van der Waals surface area contributed by atoms with Gasteiger partial charge >= 0.3 is 8.60 Å². The Kier molecular flexibility index (Phi) is 5.42. The molecular formula is C31H41O3P. The maximum atomic E-state index is 6.84. The van der Waals surface area contributed by atoms with Crippen molar-refractivity contribution in [3.8, 4) is 11.5 Å². The van der Waals surface area contributed by atoms with Crippen molar-refractivity contribution >= 4 is 8.60 Å². The molecule has 6 rings (SSSR count). The lowest BCUT2D eigenvalue weighted by molar-refractivity contribution is 0.0392. The van der Waals surface area contributed by atoms with Gasteiger partial charge in [-0.25, -0.2) is 0 Å². The zero-order valence-corrected chi connectivity index (χ0v) is 23.4. The summed E-state index contributed by atoms with van der Waals surface area (Å²) in [5.41, 5.74) is 5.71. The highest BCUT2D eigenvalue weighted by Gasteiger charge is 2.59.